The molecule has 10 nitrogen and oxygen atoms in total. The van der Waals surface area contributed by atoms with Gasteiger partial charge in [0.2, 0.25) is 0 Å². The van der Waals surface area contributed by atoms with Crippen molar-refractivity contribution in [2.75, 3.05) is 0 Å². The second kappa shape index (κ2) is 7.47. The zero-order valence-corrected chi connectivity index (χ0v) is 15.8. The maximum Gasteiger partial charge on any atom is 0.528 e. The largest absolute Gasteiger partial charge is 0.528 e. The molecule has 0 radical (unpaired) electrons. The molecule has 3 aromatic heterocycles. The minimum absolute atomic E-state index is 0.157. The van der Waals surface area contributed by atoms with Crippen LogP contribution in [0, 0.1) is 53.7 Å². The van der Waals surface area contributed by atoms with Gasteiger partial charge in [-0.1, -0.05) is 6.57 Å². The van der Waals surface area contributed by atoms with Crippen molar-refractivity contribution < 1.29 is 0 Å². The number of rotatable bonds is 0. The maximum atomic E-state index is 9.41. The Morgan fingerprint density at radius 2 is 1.34 bits per heavy atom. The first-order valence-electron chi connectivity index (χ1n) is 8.60. The molecule has 0 spiro atoms. The van der Waals surface area contributed by atoms with Gasteiger partial charge in [-0.05, 0) is 12.1 Å². The van der Waals surface area contributed by atoms with Gasteiger partial charge in [0.25, 0.3) is 0 Å². The highest BCUT2D eigenvalue weighted by molar-refractivity contribution is 6.20. The van der Waals surface area contributed by atoms with Crippen molar-refractivity contribution in [3.05, 3.63) is 74.9 Å². The van der Waals surface area contributed by atoms with Gasteiger partial charge in [0, 0.05) is 23.0 Å². The standard InChI is InChI=1S/C22H4N10/c1-26-21(27-2)12-5-15-18(30-10-12)17-14(4-11(9-29-17)13(6-23)7-24)19-20(15)32-22(28-3)16(8-25)31-19/h4-5,9-10H. The molecule has 0 aliphatic rings. The van der Waals surface area contributed by atoms with Crippen LogP contribution in [0.15, 0.2) is 24.5 Å². The van der Waals surface area contributed by atoms with Crippen LogP contribution in [0.1, 0.15) is 5.69 Å². The molecule has 0 bridgehead atoms. The predicted octanol–water partition coefficient (Wildman–Crippen LogP) is 2.25. The van der Waals surface area contributed by atoms with Crippen molar-refractivity contribution in [2.24, 2.45) is 0 Å². The van der Waals surface area contributed by atoms with Crippen molar-refractivity contribution in [1.29, 1.82) is 15.8 Å². The second-order valence-corrected chi connectivity index (χ2v) is 6.20. The summed E-state index contributed by atoms with van der Waals surface area (Å²) in [7, 11) is 0. The zero-order chi connectivity index (χ0) is 22.8. The SMILES string of the molecule is [C-]#[N+]C([N+]#[C-])=c1cnc2c(c1)c1nc([N+]#[C-])c(C#N)nc1c1cc(=C(C#N)C#N)cnc12. The molecule has 0 atom stereocenters. The van der Waals surface area contributed by atoms with E-state index in [0.29, 0.717) is 21.8 Å². The summed E-state index contributed by atoms with van der Waals surface area (Å²) in [6, 6.07) is 8.53. The number of pyridine rings is 2. The molecule has 0 aliphatic carbocycles. The molecule has 0 unspecified atom stereocenters. The van der Waals surface area contributed by atoms with Crippen molar-refractivity contribution in [3.63, 3.8) is 0 Å². The summed E-state index contributed by atoms with van der Waals surface area (Å²) >= 11 is 0. The zero-order valence-electron chi connectivity index (χ0n) is 15.8. The van der Waals surface area contributed by atoms with Gasteiger partial charge >= 0.3 is 11.6 Å². The summed E-state index contributed by atoms with van der Waals surface area (Å²) in [6.45, 7) is 21.7. The van der Waals surface area contributed by atoms with Gasteiger partial charge in [-0.15, -0.1) is 4.98 Å². The van der Waals surface area contributed by atoms with Crippen LogP contribution >= 0.6 is 0 Å². The number of aromatic nitrogens is 4. The number of fused-ring (bicyclic) bond motifs is 6. The van der Waals surface area contributed by atoms with E-state index in [0.717, 1.165) is 0 Å². The fraction of sp³-hybridized carbons (Fsp3) is 0. The van der Waals surface area contributed by atoms with Crippen LogP contribution in [0.2, 0.25) is 0 Å². The molecule has 0 aliphatic heterocycles. The summed E-state index contributed by atoms with van der Waals surface area (Å²) in [5, 5.41) is 29.1. The van der Waals surface area contributed by atoms with Crippen LogP contribution < -0.4 is 10.4 Å². The highest BCUT2D eigenvalue weighted by Gasteiger charge is 2.20. The van der Waals surface area contributed by atoms with Gasteiger partial charge in [-0.2, -0.15) is 25.5 Å². The van der Waals surface area contributed by atoms with Crippen LogP contribution in [-0.2, 0) is 0 Å². The molecule has 4 aromatic rings. The van der Waals surface area contributed by atoms with Gasteiger partial charge in [0.05, 0.1) is 16.1 Å². The number of hydrogen-bond donors (Lipinski definition) is 0. The lowest BCUT2D eigenvalue weighted by molar-refractivity contribution is 1.26. The Hall–Kier alpha value is -5.94. The quantitative estimate of drug-likeness (QED) is 0.321. The van der Waals surface area contributed by atoms with Crippen molar-refractivity contribution in [3.8, 4) is 18.2 Å². The minimum Gasteiger partial charge on any atom is -0.358 e. The first-order valence-corrected chi connectivity index (χ1v) is 8.60. The molecular formula is C22H4N10. The van der Waals surface area contributed by atoms with Crippen molar-refractivity contribution in [1.82, 2.24) is 19.9 Å². The first-order chi connectivity index (χ1) is 15.6. The Morgan fingerprint density at radius 3 is 1.88 bits per heavy atom. The third-order valence-electron chi connectivity index (χ3n) is 4.58. The molecule has 1 aromatic carbocycles. The van der Waals surface area contributed by atoms with E-state index < -0.39 is 0 Å². The van der Waals surface area contributed by atoms with Crippen LogP contribution in [-0.4, -0.2) is 19.9 Å². The molecule has 0 saturated heterocycles. The monoisotopic (exact) mass is 408 g/mol. The van der Waals surface area contributed by atoms with Crippen molar-refractivity contribution >= 4 is 50.1 Å². The van der Waals surface area contributed by atoms with Crippen molar-refractivity contribution in [2.45, 2.75) is 0 Å². The van der Waals surface area contributed by atoms with E-state index in [1.165, 1.54) is 18.5 Å². The Kier molecular flexibility index (Phi) is 4.53. The van der Waals surface area contributed by atoms with Crippen LogP contribution in [0.4, 0.5) is 5.82 Å². The fourth-order valence-electron chi connectivity index (χ4n) is 3.19. The van der Waals surface area contributed by atoms with E-state index in [4.69, 9.17) is 19.7 Å². The highest BCUT2D eigenvalue weighted by Crippen LogP contribution is 2.31. The van der Waals surface area contributed by atoms with E-state index in [9.17, 15) is 15.8 Å². The molecule has 10 heteroatoms. The lowest BCUT2D eigenvalue weighted by Crippen LogP contribution is -2.08. The molecule has 32 heavy (non-hydrogen) atoms. The Morgan fingerprint density at radius 1 is 0.781 bits per heavy atom. The van der Waals surface area contributed by atoms with Gasteiger partial charge in [-0.25, -0.2) is 4.98 Å². The number of hydrogen-bond acceptors (Lipinski definition) is 7. The summed E-state index contributed by atoms with van der Waals surface area (Å²) < 4.78 is 0. The van der Waals surface area contributed by atoms with E-state index in [-0.39, 0.29) is 44.4 Å². The van der Waals surface area contributed by atoms with E-state index in [1.807, 2.05) is 6.07 Å². The third kappa shape index (κ3) is 2.76. The Bertz CT molecular complexity index is 1720. The molecule has 4 rings (SSSR count). The van der Waals surface area contributed by atoms with E-state index in [1.54, 1.807) is 18.2 Å². The Balaban J connectivity index is 2.39. The molecule has 142 valence electrons. The average molecular weight is 408 g/mol. The van der Waals surface area contributed by atoms with Gasteiger partial charge in [0.1, 0.15) is 48.0 Å². The molecule has 0 amide bonds. The summed E-state index contributed by atoms with van der Waals surface area (Å²) in [4.78, 5) is 27.0. The summed E-state index contributed by atoms with van der Waals surface area (Å²) in [5.41, 5.74) is 0.807. The number of benzene rings is 1. The number of nitriles is 3. The van der Waals surface area contributed by atoms with Crippen LogP contribution in [0.5, 0.6) is 0 Å². The molecular weight excluding hydrogens is 404 g/mol. The smallest absolute Gasteiger partial charge is 0.358 e. The Labute approximate surface area is 179 Å². The van der Waals surface area contributed by atoms with Crippen LogP contribution in [0.3, 0.4) is 0 Å². The normalized spacial score (nSPS) is 9.69. The van der Waals surface area contributed by atoms with E-state index in [2.05, 4.69) is 34.5 Å². The van der Waals surface area contributed by atoms with Gasteiger partial charge in [0.15, 0.2) is 11.2 Å². The van der Waals surface area contributed by atoms with Gasteiger partial charge < -0.3 is 4.85 Å². The van der Waals surface area contributed by atoms with Gasteiger partial charge in [-0.3, -0.25) is 9.97 Å². The fourth-order valence-corrected chi connectivity index (χ4v) is 3.19. The number of nitrogens with zero attached hydrogens (tertiary/aromatic N) is 10. The second-order valence-electron chi connectivity index (χ2n) is 6.20. The molecule has 0 fully saturated rings. The summed E-state index contributed by atoms with van der Waals surface area (Å²) in [5.74, 6) is -0.402. The summed E-state index contributed by atoms with van der Waals surface area (Å²) in [6.07, 6.45) is 2.72. The average Bonchev–Trinajstić information content (AvgIpc) is 2.84. The predicted molar refractivity (Wildman–Crippen MR) is 112 cm³/mol. The molecule has 0 N–H and O–H groups in total. The maximum absolute atomic E-state index is 9.41. The highest BCUT2D eigenvalue weighted by atomic mass is 14.9. The minimum atomic E-state index is -0.212. The first kappa shape index (κ1) is 19.4. The van der Waals surface area contributed by atoms with Crippen LogP contribution in [0.25, 0.3) is 58.8 Å². The lowest BCUT2D eigenvalue weighted by Gasteiger charge is -2.07. The lowest BCUT2D eigenvalue weighted by atomic mass is 10.1. The molecule has 0 saturated carbocycles. The van der Waals surface area contributed by atoms with E-state index >= 15 is 0 Å². The third-order valence-corrected chi connectivity index (χ3v) is 4.58. The topological polar surface area (TPSA) is 136 Å². The molecule has 3 heterocycles.